The molecular weight excluding hydrogens is 273 g/mol. The number of carbonyl (C=O) groups excluding carboxylic acids is 1. The van der Waals surface area contributed by atoms with Gasteiger partial charge in [-0.3, -0.25) is 4.79 Å². The summed E-state index contributed by atoms with van der Waals surface area (Å²) >= 11 is 0. The summed E-state index contributed by atoms with van der Waals surface area (Å²) in [5, 5.41) is 0. The molecule has 112 valence electrons. The molecule has 0 saturated carbocycles. The van der Waals surface area contributed by atoms with Crippen LogP contribution in [-0.4, -0.2) is 37.2 Å². The van der Waals surface area contributed by atoms with Crippen molar-refractivity contribution in [2.24, 2.45) is 0 Å². The van der Waals surface area contributed by atoms with E-state index in [4.69, 9.17) is 10.5 Å². The summed E-state index contributed by atoms with van der Waals surface area (Å²) in [6.45, 7) is 0.470. The van der Waals surface area contributed by atoms with Crippen molar-refractivity contribution in [1.29, 1.82) is 0 Å². The van der Waals surface area contributed by atoms with Crippen LogP contribution in [0, 0.1) is 0 Å². The third kappa shape index (κ3) is 4.32. The molecule has 1 amide bonds. The molecule has 0 bridgehead atoms. The fourth-order valence-electron chi connectivity index (χ4n) is 1.77. The van der Waals surface area contributed by atoms with E-state index in [1.165, 1.54) is 25.3 Å². The minimum atomic E-state index is -4.43. The number of hydrogen-bond donors (Lipinski definition) is 1. The second-order valence-electron chi connectivity index (χ2n) is 4.30. The fraction of sp³-hybridized carbons (Fsp3) is 0.462. The Kier molecular flexibility index (Phi) is 5.24. The number of nitrogen functional groups attached to an aromatic ring is 1. The lowest BCUT2D eigenvalue weighted by molar-refractivity contribution is -0.140. The van der Waals surface area contributed by atoms with Crippen molar-refractivity contribution in [2.45, 2.75) is 19.5 Å². The van der Waals surface area contributed by atoms with Crippen molar-refractivity contribution in [3.05, 3.63) is 23.8 Å². The molecule has 0 aromatic heterocycles. The molecule has 0 fully saturated rings. The third-order valence-electron chi connectivity index (χ3n) is 2.63. The maximum Gasteiger partial charge on any atom is 0.406 e. The molecule has 4 nitrogen and oxygen atoms in total. The van der Waals surface area contributed by atoms with E-state index >= 15 is 0 Å². The molecule has 0 aliphatic heterocycles. The lowest BCUT2D eigenvalue weighted by Gasteiger charge is -2.23. The summed E-state index contributed by atoms with van der Waals surface area (Å²) in [7, 11) is 1.37. The SMILES string of the molecule is CCCN(CC(F)(F)F)C(=O)c1ccc(N)c(OC)c1. The van der Waals surface area contributed by atoms with Crippen LogP contribution in [0.2, 0.25) is 0 Å². The van der Waals surface area contributed by atoms with Crippen molar-refractivity contribution in [1.82, 2.24) is 4.90 Å². The first-order valence-corrected chi connectivity index (χ1v) is 6.08. The number of carbonyl (C=O) groups is 1. The Labute approximate surface area is 115 Å². The minimum Gasteiger partial charge on any atom is -0.495 e. The molecule has 1 rings (SSSR count). The number of anilines is 1. The van der Waals surface area contributed by atoms with Gasteiger partial charge < -0.3 is 15.4 Å². The van der Waals surface area contributed by atoms with E-state index in [2.05, 4.69) is 0 Å². The average Bonchev–Trinajstić information content (AvgIpc) is 2.36. The zero-order valence-corrected chi connectivity index (χ0v) is 11.3. The van der Waals surface area contributed by atoms with Crippen LogP contribution in [0.5, 0.6) is 5.75 Å². The number of ether oxygens (including phenoxy) is 1. The van der Waals surface area contributed by atoms with Crippen molar-refractivity contribution in [3.63, 3.8) is 0 Å². The molecule has 0 spiro atoms. The number of nitrogens with zero attached hydrogens (tertiary/aromatic N) is 1. The largest absolute Gasteiger partial charge is 0.495 e. The smallest absolute Gasteiger partial charge is 0.406 e. The number of methoxy groups -OCH3 is 1. The summed E-state index contributed by atoms with van der Waals surface area (Å²) in [5.74, 6) is -0.429. The van der Waals surface area contributed by atoms with Crippen LogP contribution in [-0.2, 0) is 0 Å². The van der Waals surface area contributed by atoms with E-state index in [1.54, 1.807) is 6.92 Å². The summed E-state index contributed by atoms with van der Waals surface area (Å²) in [5.41, 5.74) is 6.05. The Balaban J connectivity index is 3.00. The average molecular weight is 290 g/mol. The number of hydrogen-bond acceptors (Lipinski definition) is 3. The molecule has 0 radical (unpaired) electrons. The standard InChI is InChI=1S/C13H17F3N2O2/c1-3-6-18(8-13(14,15)16)12(19)9-4-5-10(17)11(7-9)20-2/h4-5,7H,3,6,8,17H2,1-2H3. The van der Waals surface area contributed by atoms with E-state index in [0.29, 0.717) is 12.1 Å². The zero-order valence-electron chi connectivity index (χ0n) is 11.3. The quantitative estimate of drug-likeness (QED) is 0.848. The number of alkyl halides is 3. The van der Waals surface area contributed by atoms with Gasteiger partial charge in [-0.15, -0.1) is 0 Å². The Morgan fingerprint density at radius 1 is 1.40 bits per heavy atom. The summed E-state index contributed by atoms with van der Waals surface area (Å²) in [6, 6.07) is 4.17. The van der Waals surface area contributed by atoms with E-state index in [-0.39, 0.29) is 17.9 Å². The van der Waals surface area contributed by atoms with Gasteiger partial charge in [0, 0.05) is 12.1 Å². The molecule has 0 atom stereocenters. The van der Waals surface area contributed by atoms with Gasteiger partial charge in [-0.2, -0.15) is 13.2 Å². The topological polar surface area (TPSA) is 55.6 Å². The summed E-state index contributed by atoms with van der Waals surface area (Å²) in [4.78, 5) is 12.9. The minimum absolute atomic E-state index is 0.0328. The highest BCUT2D eigenvalue weighted by molar-refractivity contribution is 5.95. The number of halogens is 3. The van der Waals surface area contributed by atoms with Gasteiger partial charge in [-0.25, -0.2) is 0 Å². The van der Waals surface area contributed by atoms with Crippen molar-refractivity contribution < 1.29 is 22.7 Å². The first-order chi connectivity index (χ1) is 9.28. The zero-order chi connectivity index (χ0) is 15.3. The number of benzene rings is 1. The second-order valence-corrected chi connectivity index (χ2v) is 4.30. The Morgan fingerprint density at radius 2 is 2.05 bits per heavy atom. The van der Waals surface area contributed by atoms with Gasteiger partial charge in [-0.05, 0) is 24.6 Å². The van der Waals surface area contributed by atoms with Gasteiger partial charge in [0.25, 0.3) is 5.91 Å². The van der Waals surface area contributed by atoms with E-state index < -0.39 is 18.6 Å². The first-order valence-electron chi connectivity index (χ1n) is 6.08. The predicted octanol–water partition coefficient (Wildman–Crippen LogP) is 2.69. The molecule has 20 heavy (non-hydrogen) atoms. The molecule has 0 unspecified atom stereocenters. The lowest BCUT2D eigenvalue weighted by Crippen LogP contribution is -2.39. The number of rotatable bonds is 5. The Morgan fingerprint density at radius 3 is 2.55 bits per heavy atom. The van der Waals surface area contributed by atoms with Gasteiger partial charge in [-0.1, -0.05) is 6.92 Å². The van der Waals surface area contributed by atoms with Crippen LogP contribution >= 0.6 is 0 Å². The molecule has 0 aliphatic rings. The van der Waals surface area contributed by atoms with Gasteiger partial charge in [0.2, 0.25) is 0 Å². The first kappa shape index (κ1) is 16.1. The van der Waals surface area contributed by atoms with E-state index in [0.717, 1.165) is 4.90 Å². The molecule has 2 N–H and O–H groups in total. The van der Waals surface area contributed by atoms with Crippen LogP contribution in [0.4, 0.5) is 18.9 Å². The Bertz CT molecular complexity index is 475. The van der Waals surface area contributed by atoms with Gasteiger partial charge in [0.05, 0.1) is 12.8 Å². The van der Waals surface area contributed by atoms with Crippen LogP contribution in [0.1, 0.15) is 23.7 Å². The van der Waals surface area contributed by atoms with Gasteiger partial charge >= 0.3 is 6.18 Å². The van der Waals surface area contributed by atoms with Crippen LogP contribution in [0.3, 0.4) is 0 Å². The maximum atomic E-state index is 12.5. The predicted molar refractivity (Wildman–Crippen MR) is 69.7 cm³/mol. The van der Waals surface area contributed by atoms with Crippen molar-refractivity contribution >= 4 is 11.6 Å². The number of nitrogens with two attached hydrogens (primary N) is 1. The molecule has 0 saturated heterocycles. The summed E-state index contributed by atoms with van der Waals surface area (Å²) in [6.07, 6.45) is -3.99. The highest BCUT2D eigenvalue weighted by Crippen LogP contribution is 2.24. The molecule has 0 heterocycles. The molecule has 1 aromatic rings. The van der Waals surface area contributed by atoms with Crippen LogP contribution in [0.25, 0.3) is 0 Å². The molecule has 1 aromatic carbocycles. The highest BCUT2D eigenvalue weighted by Gasteiger charge is 2.33. The maximum absolute atomic E-state index is 12.5. The van der Waals surface area contributed by atoms with E-state index in [9.17, 15) is 18.0 Å². The second kappa shape index (κ2) is 6.49. The fourth-order valence-corrected chi connectivity index (χ4v) is 1.77. The molecule has 7 heteroatoms. The van der Waals surface area contributed by atoms with Gasteiger partial charge in [0.15, 0.2) is 0 Å². The monoisotopic (exact) mass is 290 g/mol. The van der Waals surface area contributed by atoms with Crippen molar-refractivity contribution in [2.75, 3.05) is 25.9 Å². The number of amides is 1. The molecular formula is C13H17F3N2O2. The van der Waals surface area contributed by atoms with Crippen molar-refractivity contribution in [3.8, 4) is 5.75 Å². The normalized spacial score (nSPS) is 11.2. The van der Waals surface area contributed by atoms with E-state index in [1.807, 2.05) is 0 Å². The highest BCUT2D eigenvalue weighted by atomic mass is 19.4. The lowest BCUT2D eigenvalue weighted by atomic mass is 10.1. The summed E-state index contributed by atoms with van der Waals surface area (Å²) < 4.78 is 42.4. The van der Waals surface area contributed by atoms with Crippen LogP contribution in [0.15, 0.2) is 18.2 Å². The van der Waals surface area contributed by atoms with Crippen LogP contribution < -0.4 is 10.5 Å². The third-order valence-corrected chi connectivity index (χ3v) is 2.63. The van der Waals surface area contributed by atoms with Gasteiger partial charge in [0.1, 0.15) is 12.3 Å². The Hall–Kier alpha value is -1.92. The molecule has 0 aliphatic carbocycles.